The molecule has 18 heavy (non-hydrogen) atoms. The number of alkyl halides is 3. The highest BCUT2D eigenvalue weighted by atomic mass is 19.4. The van der Waals surface area contributed by atoms with E-state index in [1.807, 2.05) is 7.05 Å². The second kappa shape index (κ2) is 8.00. The van der Waals surface area contributed by atoms with E-state index in [0.717, 1.165) is 12.8 Å². The van der Waals surface area contributed by atoms with Gasteiger partial charge in [0.2, 0.25) is 0 Å². The molecule has 0 aliphatic heterocycles. The van der Waals surface area contributed by atoms with Crippen LogP contribution in [0.2, 0.25) is 0 Å². The topological polar surface area (TPSA) is 6.48 Å². The van der Waals surface area contributed by atoms with E-state index >= 15 is 0 Å². The molecule has 0 aromatic heterocycles. The highest BCUT2D eigenvalue weighted by Crippen LogP contribution is 2.15. The Morgan fingerprint density at radius 3 is 1.94 bits per heavy atom. The summed E-state index contributed by atoms with van der Waals surface area (Å²) >= 11 is 0. The van der Waals surface area contributed by atoms with Crippen LogP contribution in [-0.4, -0.2) is 55.7 Å². The van der Waals surface area contributed by atoms with Crippen LogP contribution in [0.5, 0.6) is 0 Å². The minimum atomic E-state index is -4.10. The van der Waals surface area contributed by atoms with Crippen LogP contribution in [0.3, 0.4) is 0 Å². The van der Waals surface area contributed by atoms with Crippen molar-refractivity contribution in [2.45, 2.75) is 45.8 Å². The Balaban J connectivity index is 3.84. The summed E-state index contributed by atoms with van der Waals surface area (Å²) in [5.41, 5.74) is 0. The molecule has 0 amide bonds. The molecule has 0 fully saturated rings. The SMILES string of the molecule is CC(C)CCC(C)N(C)CCN(C)CC(F)(F)F. The Morgan fingerprint density at radius 1 is 0.944 bits per heavy atom. The molecule has 5 heteroatoms. The van der Waals surface area contributed by atoms with E-state index < -0.39 is 12.7 Å². The van der Waals surface area contributed by atoms with E-state index in [0.29, 0.717) is 25.0 Å². The van der Waals surface area contributed by atoms with Gasteiger partial charge in [0, 0.05) is 19.1 Å². The molecule has 110 valence electrons. The van der Waals surface area contributed by atoms with E-state index in [2.05, 4.69) is 25.7 Å². The molecule has 0 radical (unpaired) electrons. The fourth-order valence-electron chi connectivity index (χ4n) is 1.73. The molecular formula is C13H27F3N2. The lowest BCUT2D eigenvalue weighted by molar-refractivity contribution is -0.143. The summed E-state index contributed by atoms with van der Waals surface area (Å²) in [6, 6.07) is 0.423. The number of hydrogen-bond donors (Lipinski definition) is 0. The summed E-state index contributed by atoms with van der Waals surface area (Å²) in [4.78, 5) is 3.46. The van der Waals surface area contributed by atoms with E-state index in [-0.39, 0.29) is 0 Å². The zero-order valence-electron chi connectivity index (χ0n) is 12.2. The van der Waals surface area contributed by atoms with Crippen molar-refractivity contribution in [3.05, 3.63) is 0 Å². The lowest BCUT2D eigenvalue weighted by atomic mass is 10.0. The van der Waals surface area contributed by atoms with Crippen molar-refractivity contribution in [2.75, 3.05) is 33.7 Å². The van der Waals surface area contributed by atoms with Gasteiger partial charge in [-0.15, -0.1) is 0 Å². The first-order valence-corrected chi connectivity index (χ1v) is 6.57. The Labute approximate surface area is 109 Å². The first kappa shape index (κ1) is 17.7. The molecule has 0 N–H and O–H groups in total. The smallest absolute Gasteiger partial charge is 0.302 e. The number of hydrogen-bond acceptors (Lipinski definition) is 2. The van der Waals surface area contributed by atoms with Gasteiger partial charge in [-0.05, 0) is 39.8 Å². The Morgan fingerprint density at radius 2 is 1.50 bits per heavy atom. The molecule has 0 aliphatic rings. The maximum absolute atomic E-state index is 12.1. The van der Waals surface area contributed by atoms with E-state index in [1.54, 1.807) is 0 Å². The number of nitrogens with zero attached hydrogens (tertiary/aromatic N) is 2. The summed E-state index contributed by atoms with van der Waals surface area (Å²) < 4.78 is 36.4. The minimum absolute atomic E-state index is 0.423. The van der Waals surface area contributed by atoms with Gasteiger partial charge in [0.05, 0.1) is 6.54 Å². The minimum Gasteiger partial charge on any atom is -0.302 e. The van der Waals surface area contributed by atoms with Crippen molar-refractivity contribution < 1.29 is 13.2 Å². The molecule has 0 saturated heterocycles. The van der Waals surface area contributed by atoms with Crippen LogP contribution in [-0.2, 0) is 0 Å². The monoisotopic (exact) mass is 268 g/mol. The van der Waals surface area contributed by atoms with Gasteiger partial charge in [0.1, 0.15) is 0 Å². The summed E-state index contributed by atoms with van der Waals surface area (Å²) in [6.45, 7) is 6.79. The third kappa shape index (κ3) is 9.71. The van der Waals surface area contributed by atoms with Crippen molar-refractivity contribution in [3.63, 3.8) is 0 Å². The summed E-state index contributed by atoms with van der Waals surface area (Å²) in [5, 5.41) is 0. The van der Waals surface area contributed by atoms with Crippen LogP contribution in [0.15, 0.2) is 0 Å². The first-order valence-electron chi connectivity index (χ1n) is 6.57. The van der Waals surface area contributed by atoms with Gasteiger partial charge in [-0.2, -0.15) is 13.2 Å². The maximum atomic E-state index is 12.1. The quantitative estimate of drug-likeness (QED) is 0.667. The Hall–Kier alpha value is -0.290. The average Bonchev–Trinajstić information content (AvgIpc) is 2.19. The lowest BCUT2D eigenvalue weighted by Gasteiger charge is -2.28. The second-order valence-electron chi connectivity index (χ2n) is 5.65. The van der Waals surface area contributed by atoms with Crippen LogP contribution >= 0.6 is 0 Å². The molecule has 0 spiro atoms. The number of halogens is 3. The average molecular weight is 268 g/mol. The van der Waals surface area contributed by atoms with Crippen molar-refractivity contribution in [1.29, 1.82) is 0 Å². The largest absolute Gasteiger partial charge is 0.401 e. The van der Waals surface area contributed by atoms with Crippen molar-refractivity contribution >= 4 is 0 Å². The van der Waals surface area contributed by atoms with Crippen LogP contribution < -0.4 is 0 Å². The van der Waals surface area contributed by atoms with Crippen molar-refractivity contribution in [3.8, 4) is 0 Å². The molecule has 0 bridgehead atoms. The Kier molecular flexibility index (Phi) is 7.87. The zero-order chi connectivity index (χ0) is 14.3. The molecule has 1 unspecified atom stereocenters. The third-order valence-electron chi connectivity index (χ3n) is 3.20. The molecule has 0 heterocycles. The van der Waals surface area contributed by atoms with E-state index in [1.165, 1.54) is 11.9 Å². The lowest BCUT2D eigenvalue weighted by Crippen LogP contribution is -2.39. The molecule has 2 nitrogen and oxygen atoms in total. The number of rotatable bonds is 8. The predicted molar refractivity (Wildman–Crippen MR) is 69.7 cm³/mol. The molecule has 0 aliphatic carbocycles. The molecule has 0 aromatic carbocycles. The second-order valence-corrected chi connectivity index (χ2v) is 5.65. The van der Waals surface area contributed by atoms with Gasteiger partial charge >= 0.3 is 6.18 Å². The molecule has 0 saturated carbocycles. The van der Waals surface area contributed by atoms with Gasteiger partial charge in [-0.3, -0.25) is 4.90 Å². The molecular weight excluding hydrogens is 241 g/mol. The van der Waals surface area contributed by atoms with Crippen molar-refractivity contribution in [1.82, 2.24) is 9.80 Å². The van der Waals surface area contributed by atoms with Gasteiger partial charge in [0.15, 0.2) is 0 Å². The Bertz CT molecular complexity index is 217. The first-order chi connectivity index (χ1) is 8.11. The van der Waals surface area contributed by atoms with Crippen LogP contribution in [0.4, 0.5) is 13.2 Å². The van der Waals surface area contributed by atoms with Crippen LogP contribution in [0, 0.1) is 5.92 Å². The van der Waals surface area contributed by atoms with Crippen LogP contribution in [0.25, 0.3) is 0 Å². The normalized spacial score (nSPS) is 14.8. The van der Waals surface area contributed by atoms with Crippen molar-refractivity contribution in [2.24, 2.45) is 5.92 Å². The fourth-order valence-corrected chi connectivity index (χ4v) is 1.73. The van der Waals surface area contributed by atoms with Gasteiger partial charge in [0.25, 0.3) is 0 Å². The maximum Gasteiger partial charge on any atom is 0.401 e. The summed E-state index contributed by atoms with van der Waals surface area (Å²) in [5.74, 6) is 0.675. The predicted octanol–water partition coefficient (Wildman–Crippen LogP) is 3.24. The molecule has 0 rings (SSSR count). The zero-order valence-corrected chi connectivity index (χ0v) is 12.2. The van der Waals surface area contributed by atoms with E-state index in [9.17, 15) is 13.2 Å². The van der Waals surface area contributed by atoms with Gasteiger partial charge < -0.3 is 4.90 Å². The molecule has 1 atom stereocenters. The van der Waals surface area contributed by atoms with Gasteiger partial charge in [-0.1, -0.05) is 13.8 Å². The standard InChI is InChI=1S/C13H27F3N2/c1-11(2)6-7-12(3)18(5)9-8-17(4)10-13(14,15)16/h11-12H,6-10H2,1-5H3. The van der Waals surface area contributed by atoms with E-state index in [4.69, 9.17) is 0 Å². The highest BCUT2D eigenvalue weighted by Gasteiger charge is 2.29. The third-order valence-corrected chi connectivity index (χ3v) is 3.20. The number of likely N-dealkylation sites (N-methyl/N-ethyl adjacent to an activating group) is 2. The molecule has 0 aromatic rings. The fraction of sp³-hybridized carbons (Fsp3) is 1.00. The highest BCUT2D eigenvalue weighted by molar-refractivity contribution is 4.67. The summed E-state index contributed by atoms with van der Waals surface area (Å²) in [6.07, 6.45) is -1.85. The van der Waals surface area contributed by atoms with Crippen LogP contribution in [0.1, 0.15) is 33.6 Å². The van der Waals surface area contributed by atoms with Gasteiger partial charge in [-0.25, -0.2) is 0 Å². The summed E-state index contributed by atoms with van der Waals surface area (Å²) in [7, 11) is 3.49.